The van der Waals surface area contributed by atoms with E-state index in [0.717, 1.165) is 5.56 Å². The monoisotopic (exact) mass is 345 g/mol. The summed E-state index contributed by atoms with van der Waals surface area (Å²) in [5.41, 5.74) is 7.57. The number of hydrogen-bond acceptors (Lipinski definition) is 3. The molecule has 2 N–H and O–H groups in total. The molecule has 1 aliphatic rings. The van der Waals surface area contributed by atoms with Gasteiger partial charge >= 0.3 is 0 Å². The van der Waals surface area contributed by atoms with Crippen molar-refractivity contribution in [1.82, 2.24) is 0 Å². The predicted octanol–water partition coefficient (Wildman–Crippen LogP) is 3.64. The second kappa shape index (κ2) is 5.76. The Balaban J connectivity index is 2.52. The zero-order valence-electron chi connectivity index (χ0n) is 11.8. The van der Waals surface area contributed by atoms with Gasteiger partial charge in [-0.15, -0.1) is 0 Å². The Morgan fingerprint density at radius 3 is 2.24 bits per heavy atom. The van der Waals surface area contributed by atoms with E-state index in [1.807, 2.05) is 30.3 Å². The molecule has 1 unspecified atom stereocenters. The summed E-state index contributed by atoms with van der Waals surface area (Å²) in [7, 11) is -3.57. The van der Waals surface area contributed by atoms with Crippen LogP contribution in [-0.2, 0) is 9.84 Å². The molecular weight excluding hydrogens is 329 g/mol. The van der Waals surface area contributed by atoms with Crippen molar-refractivity contribution >= 4 is 38.6 Å². The quantitative estimate of drug-likeness (QED) is 0.909. The highest BCUT2D eigenvalue weighted by Crippen LogP contribution is 2.42. The Bertz CT molecular complexity index is 708. The molecule has 1 atom stereocenters. The third-order valence-electron chi connectivity index (χ3n) is 3.53. The summed E-state index contributed by atoms with van der Waals surface area (Å²) in [4.78, 5) is -1.56. The van der Waals surface area contributed by atoms with Crippen LogP contribution in [0.1, 0.15) is 25.8 Å². The minimum Gasteiger partial charge on any atom is -0.309 e. The molecule has 21 heavy (non-hydrogen) atoms. The standard InChI is InChI=1S/C15H17Cl2NO2S/c1-10(2)21(19,20)15(18)8-12(16)14(13(17)9-15)11-6-4-3-5-7-11/h3-8,10H,9,18H2,1-2H3. The molecule has 1 aromatic carbocycles. The smallest absolute Gasteiger partial charge is 0.175 e. The van der Waals surface area contributed by atoms with Gasteiger partial charge in [-0.05, 0) is 25.5 Å². The fraction of sp³-hybridized carbons (Fsp3) is 0.333. The van der Waals surface area contributed by atoms with Gasteiger partial charge in [-0.1, -0.05) is 53.5 Å². The molecule has 1 aliphatic carbocycles. The molecule has 0 heterocycles. The molecule has 1 aromatic rings. The van der Waals surface area contributed by atoms with Crippen LogP contribution in [-0.4, -0.2) is 18.5 Å². The molecule has 114 valence electrons. The van der Waals surface area contributed by atoms with Gasteiger partial charge < -0.3 is 5.73 Å². The highest BCUT2D eigenvalue weighted by molar-refractivity contribution is 7.93. The SMILES string of the molecule is CC(C)S(=O)(=O)C1(N)C=C(Cl)C(c2ccccc2)=C(Cl)C1. The molecule has 6 heteroatoms. The highest BCUT2D eigenvalue weighted by atomic mass is 35.5. The largest absolute Gasteiger partial charge is 0.309 e. The van der Waals surface area contributed by atoms with E-state index in [9.17, 15) is 8.42 Å². The van der Waals surface area contributed by atoms with Crippen LogP contribution < -0.4 is 5.73 Å². The number of hydrogen-bond donors (Lipinski definition) is 1. The van der Waals surface area contributed by atoms with Gasteiger partial charge in [0.05, 0.1) is 5.25 Å². The van der Waals surface area contributed by atoms with Crippen molar-refractivity contribution in [2.45, 2.75) is 30.4 Å². The van der Waals surface area contributed by atoms with Crippen molar-refractivity contribution in [2.75, 3.05) is 0 Å². The van der Waals surface area contributed by atoms with Gasteiger partial charge in [-0.2, -0.15) is 0 Å². The molecule has 0 saturated carbocycles. The zero-order chi connectivity index (χ0) is 15.8. The third kappa shape index (κ3) is 2.90. The molecule has 0 amide bonds. The lowest BCUT2D eigenvalue weighted by Gasteiger charge is -2.32. The van der Waals surface area contributed by atoms with Crippen molar-refractivity contribution in [3.05, 3.63) is 52.0 Å². The van der Waals surface area contributed by atoms with Crippen molar-refractivity contribution in [3.8, 4) is 0 Å². The lowest BCUT2D eigenvalue weighted by atomic mass is 9.96. The number of benzene rings is 1. The molecule has 0 aromatic heterocycles. The summed E-state index contributed by atoms with van der Waals surface area (Å²) >= 11 is 12.6. The van der Waals surface area contributed by atoms with Crippen molar-refractivity contribution in [3.63, 3.8) is 0 Å². The summed E-state index contributed by atoms with van der Waals surface area (Å²) in [5.74, 6) is 0. The van der Waals surface area contributed by atoms with E-state index in [1.165, 1.54) is 6.08 Å². The first-order valence-electron chi connectivity index (χ1n) is 6.54. The third-order valence-corrected chi connectivity index (χ3v) is 6.71. The normalized spacial score (nSPS) is 23.4. The van der Waals surface area contributed by atoms with E-state index in [2.05, 4.69) is 0 Å². The number of sulfone groups is 1. The Labute approximate surface area is 135 Å². The summed E-state index contributed by atoms with van der Waals surface area (Å²) < 4.78 is 24.9. The first-order valence-corrected chi connectivity index (χ1v) is 8.84. The number of halogens is 2. The van der Waals surface area contributed by atoms with Crippen LogP contribution in [0.3, 0.4) is 0 Å². The lowest BCUT2D eigenvalue weighted by Crippen LogP contribution is -2.50. The average molecular weight is 346 g/mol. The van der Waals surface area contributed by atoms with E-state index in [-0.39, 0.29) is 11.5 Å². The van der Waals surface area contributed by atoms with Gasteiger partial charge in [-0.3, -0.25) is 0 Å². The van der Waals surface area contributed by atoms with E-state index in [1.54, 1.807) is 13.8 Å². The Morgan fingerprint density at radius 2 is 1.76 bits per heavy atom. The van der Waals surface area contributed by atoms with Crippen LogP contribution >= 0.6 is 23.2 Å². The maximum atomic E-state index is 12.4. The minimum absolute atomic E-state index is 0.0233. The van der Waals surface area contributed by atoms with Crippen LogP contribution in [0.4, 0.5) is 0 Å². The molecule has 2 rings (SSSR count). The van der Waals surface area contributed by atoms with Crippen molar-refractivity contribution in [1.29, 1.82) is 0 Å². The van der Waals surface area contributed by atoms with Gasteiger partial charge in [0.25, 0.3) is 0 Å². The molecule has 0 spiro atoms. The maximum Gasteiger partial charge on any atom is 0.175 e. The van der Waals surface area contributed by atoms with Crippen LogP contribution in [0.2, 0.25) is 0 Å². The fourth-order valence-corrected chi connectivity index (χ4v) is 4.87. The summed E-state index contributed by atoms with van der Waals surface area (Å²) in [6.07, 6.45) is 1.42. The van der Waals surface area contributed by atoms with Crippen molar-refractivity contribution in [2.24, 2.45) is 5.73 Å². The van der Waals surface area contributed by atoms with Gasteiger partial charge in [0, 0.05) is 22.1 Å². The number of allylic oxidation sites excluding steroid dienone is 2. The second-order valence-electron chi connectivity index (χ2n) is 5.36. The Hall–Kier alpha value is -0.810. The number of nitrogens with two attached hydrogens (primary N) is 1. The van der Waals surface area contributed by atoms with Crippen LogP contribution in [0.15, 0.2) is 46.5 Å². The van der Waals surface area contributed by atoms with Gasteiger partial charge in [0.2, 0.25) is 0 Å². The van der Waals surface area contributed by atoms with Gasteiger partial charge in [0.15, 0.2) is 9.84 Å². The van der Waals surface area contributed by atoms with E-state index < -0.39 is 20.0 Å². The fourth-order valence-electron chi connectivity index (χ4n) is 2.32. The summed E-state index contributed by atoms with van der Waals surface area (Å²) in [5, 5.41) is 0.0237. The van der Waals surface area contributed by atoms with Crippen molar-refractivity contribution < 1.29 is 8.42 Å². The lowest BCUT2D eigenvalue weighted by molar-refractivity contribution is 0.545. The zero-order valence-corrected chi connectivity index (χ0v) is 14.1. The maximum absolute atomic E-state index is 12.4. The molecular formula is C15H17Cl2NO2S. The molecule has 0 radical (unpaired) electrons. The number of rotatable bonds is 3. The van der Waals surface area contributed by atoms with E-state index in [0.29, 0.717) is 10.6 Å². The van der Waals surface area contributed by atoms with Crippen LogP contribution in [0.5, 0.6) is 0 Å². The molecule has 0 saturated heterocycles. The molecule has 0 bridgehead atoms. The van der Waals surface area contributed by atoms with Crippen LogP contribution in [0.25, 0.3) is 5.57 Å². The molecule has 0 aliphatic heterocycles. The minimum atomic E-state index is -3.57. The Kier molecular flexibility index (Phi) is 4.54. The first-order chi connectivity index (χ1) is 9.69. The highest BCUT2D eigenvalue weighted by Gasteiger charge is 2.43. The summed E-state index contributed by atoms with van der Waals surface area (Å²) in [6, 6.07) is 9.36. The van der Waals surface area contributed by atoms with Gasteiger partial charge in [-0.25, -0.2) is 8.42 Å². The Morgan fingerprint density at radius 1 is 1.19 bits per heavy atom. The summed E-state index contributed by atoms with van der Waals surface area (Å²) in [6.45, 7) is 3.19. The topological polar surface area (TPSA) is 60.2 Å². The predicted molar refractivity (Wildman–Crippen MR) is 88.7 cm³/mol. The second-order valence-corrected chi connectivity index (χ2v) is 9.02. The van der Waals surface area contributed by atoms with Crippen LogP contribution in [0, 0.1) is 0 Å². The van der Waals surface area contributed by atoms with E-state index in [4.69, 9.17) is 28.9 Å². The molecule has 0 fully saturated rings. The first kappa shape index (κ1) is 16.6. The van der Waals surface area contributed by atoms with Gasteiger partial charge in [0.1, 0.15) is 4.87 Å². The molecule has 3 nitrogen and oxygen atoms in total. The average Bonchev–Trinajstić information content (AvgIpc) is 2.38. The van der Waals surface area contributed by atoms with E-state index >= 15 is 0 Å².